The number of para-hydroxylation sites is 2. The van der Waals surface area contributed by atoms with E-state index < -0.39 is 0 Å². The fourth-order valence-corrected chi connectivity index (χ4v) is 4.69. The Morgan fingerprint density at radius 3 is 2.34 bits per heavy atom. The lowest BCUT2D eigenvalue weighted by Gasteiger charge is -2.07. The summed E-state index contributed by atoms with van der Waals surface area (Å²) in [5.74, 6) is 0.846. The molecule has 0 atom stereocenters. The van der Waals surface area contributed by atoms with E-state index in [1.54, 1.807) is 24.0 Å². The topological polar surface area (TPSA) is 60.4 Å². The summed E-state index contributed by atoms with van der Waals surface area (Å²) in [6.07, 6.45) is 1.67. The van der Waals surface area contributed by atoms with Gasteiger partial charge in [-0.2, -0.15) is 9.78 Å². The molecule has 2 aromatic heterocycles. The van der Waals surface area contributed by atoms with Crippen LogP contribution in [0.25, 0.3) is 33.5 Å². The minimum atomic E-state index is -0.251. The molecular formula is C29H19N3O2S. The Bertz CT molecular complexity index is 1700. The van der Waals surface area contributed by atoms with E-state index in [9.17, 15) is 4.79 Å². The Morgan fingerprint density at radius 2 is 1.51 bits per heavy atom. The van der Waals surface area contributed by atoms with E-state index in [-0.39, 0.29) is 5.56 Å². The van der Waals surface area contributed by atoms with Crippen molar-refractivity contribution in [1.29, 1.82) is 0 Å². The van der Waals surface area contributed by atoms with Gasteiger partial charge in [0.25, 0.3) is 5.56 Å². The first-order valence-electron chi connectivity index (χ1n) is 11.1. The van der Waals surface area contributed by atoms with Crippen molar-refractivity contribution in [2.24, 2.45) is 5.10 Å². The number of nitrogens with zero attached hydrogens (tertiary/aromatic N) is 3. The summed E-state index contributed by atoms with van der Waals surface area (Å²) in [5, 5.41) is 5.97. The van der Waals surface area contributed by atoms with Crippen LogP contribution in [0.4, 0.5) is 0 Å². The summed E-state index contributed by atoms with van der Waals surface area (Å²) >= 11 is 1.69. The lowest BCUT2D eigenvalue weighted by Crippen LogP contribution is -2.20. The number of benzene rings is 4. The maximum absolute atomic E-state index is 13.4. The molecule has 35 heavy (non-hydrogen) atoms. The molecule has 168 valence electrons. The summed E-state index contributed by atoms with van der Waals surface area (Å²) in [7, 11) is 0. The highest BCUT2D eigenvalue weighted by atomic mass is 32.2. The quantitative estimate of drug-likeness (QED) is 0.257. The molecule has 0 amide bonds. The van der Waals surface area contributed by atoms with Crippen LogP contribution in [0.1, 0.15) is 5.56 Å². The highest BCUT2D eigenvalue weighted by molar-refractivity contribution is 7.99. The molecule has 0 aliphatic heterocycles. The molecule has 6 rings (SSSR count). The SMILES string of the molecule is O=c1c2ccccc2nc(-c2cc3ccccc3o2)n1N=Cc1ccc(Sc2ccccc2)cc1. The highest BCUT2D eigenvalue weighted by Gasteiger charge is 2.16. The van der Waals surface area contributed by atoms with Gasteiger partial charge in [-0.1, -0.05) is 72.4 Å². The van der Waals surface area contributed by atoms with Crippen LogP contribution in [0, 0.1) is 0 Å². The van der Waals surface area contributed by atoms with Gasteiger partial charge in [-0.3, -0.25) is 4.79 Å². The third-order valence-electron chi connectivity index (χ3n) is 5.58. The highest BCUT2D eigenvalue weighted by Crippen LogP contribution is 2.28. The largest absolute Gasteiger partial charge is 0.453 e. The van der Waals surface area contributed by atoms with E-state index in [1.165, 1.54) is 9.57 Å². The Labute approximate surface area is 205 Å². The minimum absolute atomic E-state index is 0.251. The van der Waals surface area contributed by atoms with E-state index in [1.807, 2.05) is 91.0 Å². The zero-order chi connectivity index (χ0) is 23.6. The second kappa shape index (κ2) is 9.08. The average molecular weight is 474 g/mol. The van der Waals surface area contributed by atoms with Crippen molar-refractivity contribution in [3.63, 3.8) is 0 Å². The minimum Gasteiger partial charge on any atom is -0.453 e. The molecule has 2 heterocycles. The van der Waals surface area contributed by atoms with Gasteiger partial charge in [0.15, 0.2) is 5.76 Å². The van der Waals surface area contributed by atoms with Gasteiger partial charge >= 0.3 is 0 Å². The van der Waals surface area contributed by atoms with Gasteiger partial charge in [0, 0.05) is 15.2 Å². The molecule has 4 aromatic carbocycles. The number of fused-ring (bicyclic) bond motifs is 2. The zero-order valence-corrected chi connectivity index (χ0v) is 19.4. The third-order valence-corrected chi connectivity index (χ3v) is 6.60. The molecule has 0 fully saturated rings. The van der Waals surface area contributed by atoms with Crippen LogP contribution in [-0.4, -0.2) is 15.9 Å². The molecule has 0 aliphatic carbocycles. The van der Waals surface area contributed by atoms with Crippen LogP contribution in [0.15, 0.2) is 133 Å². The van der Waals surface area contributed by atoms with Gasteiger partial charge < -0.3 is 4.42 Å². The molecule has 6 aromatic rings. The maximum Gasteiger partial charge on any atom is 0.282 e. The van der Waals surface area contributed by atoms with Gasteiger partial charge in [-0.25, -0.2) is 4.98 Å². The Hall–Kier alpha value is -4.42. The van der Waals surface area contributed by atoms with Crippen molar-refractivity contribution in [2.75, 3.05) is 0 Å². The van der Waals surface area contributed by atoms with Gasteiger partial charge in [0.1, 0.15) is 5.58 Å². The van der Waals surface area contributed by atoms with E-state index >= 15 is 0 Å². The maximum atomic E-state index is 13.4. The molecular weight excluding hydrogens is 454 g/mol. The van der Waals surface area contributed by atoms with E-state index in [0.717, 1.165) is 21.4 Å². The molecule has 0 spiro atoms. The monoisotopic (exact) mass is 473 g/mol. The third kappa shape index (κ3) is 4.27. The summed E-state index contributed by atoms with van der Waals surface area (Å²) in [6.45, 7) is 0. The summed E-state index contributed by atoms with van der Waals surface area (Å²) in [6, 6.07) is 35.1. The number of aromatic nitrogens is 2. The van der Waals surface area contributed by atoms with Crippen LogP contribution >= 0.6 is 11.8 Å². The Kier molecular flexibility index (Phi) is 5.48. The molecule has 6 heteroatoms. The summed E-state index contributed by atoms with van der Waals surface area (Å²) in [4.78, 5) is 20.4. The Morgan fingerprint density at radius 1 is 0.800 bits per heavy atom. The first-order chi connectivity index (χ1) is 17.2. The molecule has 0 bridgehead atoms. The smallest absolute Gasteiger partial charge is 0.282 e. The van der Waals surface area contributed by atoms with Crippen molar-refractivity contribution >= 4 is 39.8 Å². The Balaban J connectivity index is 1.39. The average Bonchev–Trinajstić information content (AvgIpc) is 3.34. The van der Waals surface area contributed by atoms with Crippen molar-refractivity contribution < 1.29 is 4.42 Å². The van der Waals surface area contributed by atoms with Gasteiger partial charge in [0.05, 0.1) is 17.1 Å². The fraction of sp³-hybridized carbons (Fsp3) is 0. The van der Waals surface area contributed by atoms with E-state index in [2.05, 4.69) is 17.2 Å². The zero-order valence-electron chi connectivity index (χ0n) is 18.5. The predicted octanol–water partition coefficient (Wildman–Crippen LogP) is 6.84. The predicted molar refractivity (Wildman–Crippen MR) is 141 cm³/mol. The number of hydrogen-bond donors (Lipinski definition) is 0. The lowest BCUT2D eigenvalue weighted by atomic mass is 10.2. The molecule has 0 saturated carbocycles. The van der Waals surface area contributed by atoms with Crippen LogP contribution in [0.3, 0.4) is 0 Å². The first-order valence-corrected chi connectivity index (χ1v) is 11.9. The van der Waals surface area contributed by atoms with Gasteiger partial charge in [0.2, 0.25) is 5.82 Å². The van der Waals surface area contributed by atoms with Gasteiger partial charge in [-0.05, 0) is 54.1 Å². The number of furan rings is 1. The van der Waals surface area contributed by atoms with E-state index in [0.29, 0.717) is 22.5 Å². The standard InChI is InChI=1S/C29H19N3O2S/c33-29-24-11-5-6-12-25(24)31-28(27-18-21-8-4-7-13-26(21)34-27)32(29)30-19-20-14-16-23(17-15-20)35-22-9-2-1-3-10-22/h1-19H. The fourth-order valence-electron chi connectivity index (χ4n) is 3.85. The lowest BCUT2D eigenvalue weighted by molar-refractivity contribution is 0.616. The number of hydrogen-bond acceptors (Lipinski definition) is 5. The molecule has 0 aliphatic rings. The van der Waals surface area contributed by atoms with Crippen molar-refractivity contribution in [3.8, 4) is 11.6 Å². The molecule has 0 saturated heterocycles. The van der Waals surface area contributed by atoms with Crippen LogP contribution in [0.2, 0.25) is 0 Å². The van der Waals surface area contributed by atoms with Crippen LogP contribution < -0.4 is 5.56 Å². The van der Waals surface area contributed by atoms with Crippen molar-refractivity contribution in [1.82, 2.24) is 9.66 Å². The van der Waals surface area contributed by atoms with E-state index in [4.69, 9.17) is 9.40 Å². The van der Waals surface area contributed by atoms with Crippen LogP contribution in [-0.2, 0) is 0 Å². The van der Waals surface area contributed by atoms with Gasteiger partial charge in [-0.15, -0.1) is 0 Å². The summed E-state index contributed by atoms with van der Waals surface area (Å²) in [5.41, 5.74) is 1.95. The van der Waals surface area contributed by atoms with Crippen LogP contribution in [0.5, 0.6) is 0 Å². The molecule has 5 nitrogen and oxygen atoms in total. The van der Waals surface area contributed by atoms with Crippen molar-refractivity contribution in [3.05, 3.63) is 125 Å². The second-order valence-corrected chi connectivity index (χ2v) is 9.09. The normalized spacial score (nSPS) is 11.5. The number of rotatable bonds is 5. The van der Waals surface area contributed by atoms with Crippen molar-refractivity contribution in [2.45, 2.75) is 9.79 Å². The molecule has 0 N–H and O–H groups in total. The summed E-state index contributed by atoms with van der Waals surface area (Å²) < 4.78 is 7.34. The first kappa shape index (κ1) is 21.1. The second-order valence-electron chi connectivity index (χ2n) is 7.95. The molecule has 0 radical (unpaired) electrons. The molecule has 0 unspecified atom stereocenters.